The molecule has 234 valence electrons. The normalized spacial score (nSPS) is 17.6. The molecule has 1 fully saturated rings. The Labute approximate surface area is 262 Å². The highest BCUT2D eigenvalue weighted by molar-refractivity contribution is 5.98. The van der Waals surface area contributed by atoms with Gasteiger partial charge in [-0.15, -0.1) is 0 Å². The number of ketones is 2. The summed E-state index contributed by atoms with van der Waals surface area (Å²) >= 11 is 0. The van der Waals surface area contributed by atoms with E-state index < -0.39 is 35.6 Å². The molecule has 2 heterocycles. The van der Waals surface area contributed by atoms with Crippen molar-refractivity contribution >= 4 is 34.5 Å². The monoisotopic (exact) mass is 609 g/mol. The van der Waals surface area contributed by atoms with Crippen LogP contribution in [0.1, 0.15) is 37.0 Å². The number of epoxide rings is 1. The van der Waals surface area contributed by atoms with Crippen molar-refractivity contribution in [1.82, 2.24) is 15.2 Å². The lowest BCUT2D eigenvalue weighted by Gasteiger charge is -2.24. The first-order valence-corrected chi connectivity index (χ1v) is 15.2. The van der Waals surface area contributed by atoms with Crippen molar-refractivity contribution in [1.29, 1.82) is 0 Å². The summed E-state index contributed by atoms with van der Waals surface area (Å²) in [7, 11) is 1.93. The number of amides is 2. The Balaban J connectivity index is 1.33. The Kier molecular flexibility index (Phi) is 9.78. The predicted molar refractivity (Wildman–Crippen MR) is 170 cm³/mol. The summed E-state index contributed by atoms with van der Waals surface area (Å²) in [4.78, 5) is 53.4. The average molecular weight is 610 g/mol. The third-order valence-electron chi connectivity index (χ3n) is 8.31. The van der Waals surface area contributed by atoms with Crippen molar-refractivity contribution in [3.8, 4) is 0 Å². The van der Waals surface area contributed by atoms with E-state index in [0.29, 0.717) is 13.0 Å². The number of carbonyl (C=O) groups is 4. The van der Waals surface area contributed by atoms with E-state index in [0.717, 1.165) is 27.6 Å². The Bertz CT molecular complexity index is 1660. The van der Waals surface area contributed by atoms with E-state index in [1.165, 1.54) is 0 Å². The van der Waals surface area contributed by atoms with E-state index in [1.807, 2.05) is 103 Å². The summed E-state index contributed by atoms with van der Waals surface area (Å²) in [6.45, 7) is 3.67. The highest BCUT2D eigenvalue weighted by Gasteiger charge is 2.50. The fraction of sp³-hybridized carbons (Fsp3) is 0.333. The predicted octanol–water partition coefficient (Wildman–Crippen LogP) is 4.70. The number of para-hydroxylation sites is 1. The largest absolute Gasteiger partial charge is 0.445 e. The van der Waals surface area contributed by atoms with Gasteiger partial charge in [-0.3, -0.25) is 14.4 Å². The van der Waals surface area contributed by atoms with Crippen molar-refractivity contribution in [3.05, 3.63) is 108 Å². The minimum Gasteiger partial charge on any atom is -0.445 e. The number of hydrogen-bond donors (Lipinski definition) is 2. The number of ether oxygens (including phenoxy) is 2. The van der Waals surface area contributed by atoms with Gasteiger partial charge in [-0.05, 0) is 49.4 Å². The molecule has 4 aromatic rings. The number of carbonyl (C=O) groups excluding carboxylic acids is 4. The maximum atomic E-state index is 14.0. The number of rotatable bonds is 14. The SMILES string of the molecule is C[C@H](NC(=O)OCc1ccccc1)C(=O)C[C@@H](Cc1cn(C)c2ccccc12)C(=O)N[C@@H](Cc1ccccc1)C(=O)[C@@]1(C)CO1. The van der Waals surface area contributed by atoms with Gasteiger partial charge in [0.05, 0.1) is 18.7 Å². The molecular formula is C36H39N3O6. The van der Waals surface area contributed by atoms with Crippen LogP contribution in [-0.2, 0) is 50.4 Å². The molecule has 1 aliphatic rings. The molecule has 2 amide bonds. The zero-order valence-electron chi connectivity index (χ0n) is 25.8. The molecule has 9 nitrogen and oxygen atoms in total. The molecule has 0 spiro atoms. The Morgan fingerprint density at radius 1 is 0.889 bits per heavy atom. The van der Waals surface area contributed by atoms with Gasteiger partial charge in [0, 0.05) is 36.5 Å². The molecule has 1 saturated heterocycles. The fourth-order valence-corrected chi connectivity index (χ4v) is 5.52. The molecular weight excluding hydrogens is 570 g/mol. The molecule has 0 aliphatic carbocycles. The van der Waals surface area contributed by atoms with Crippen molar-refractivity contribution in [2.45, 2.75) is 57.4 Å². The Morgan fingerprint density at radius 2 is 1.51 bits per heavy atom. The highest BCUT2D eigenvalue weighted by Crippen LogP contribution is 2.30. The lowest BCUT2D eigenvalue weighted by molar-refractivity contribution is -0.134. The van der Waals surface area contributed by atoms with Gasteiger partial charge in [-0.25, -0.2) is 4.79 Å². The Hall–Kier alpha value is -4.76. The smallest absolute Gasteiger partial charge is 0.408 e. The van der Waals surface area contributed by atoms with Crippen LogP contribution in [-0.4, -0.2) is 52.4 Å². The van der Waals surface area contributed by atoms with E-state index in [4.69, 9.17) is 9.47 Å². The zero-order chi connectivity index (χ0) is 32.0. The van der Waals surface area contributed by atoms with Crippen LogP contribution in [0.4, 0.5) is 4.79 Å². The summed E-state index contributed by atoms with van der Waals surface area (Å²) in [5.41, 5.74) is 2.70. The van der Waals surface area contributed by atoms with E-state index in [1.54, 1.807) is 13.8 Å². The number of fused-ring (bicyclic) bond motifs is 1. The second-order valence-electron chi connectivity index (χ2n) is 11.9. The third kappa shape index (κ3) is 8.05. The van der Waals surface area contributed by atoms with Crippen LogP contribution in [0, 0.1) is 5.92 Å². The first kappa shape index (κ1) is 31.7. The number of aryl methyl sites for hydroxylation is 1. The van der Waals surface area contributed by atoms with Crippen LogP contribution in [0.25, 0.3) is 10.9 Å². The lowest BCUT2D eigenvalue weighted by Crippen LogP contribution is -2.50. The van der Waals surface area contributed by atoms with Gasteiger partial charge in [-0.1, -0.05) is 78.9 Å². The lowest BCUT2D eigenvalue weighted by atomic mass is 9.89. The first-order valence-electron chi connectivity index (χ1n) is 15.2. The van der Waals surface area contributed by atoms with Gasteiger partial charge in [0.2, 0.25) is 5.91 Å². The maximum absolute atomic E-state index is 14.0. The number of Topliss-reactive ketones (excluding diaryl/α,β-unsaturated/α-hetero) is 2. The molecule has 1 aliphatic heterocycles. The van der Waals surface area contributed by atoms with Gasteiger partial charge in [0.15, 0.2) is 11.6 Å². The Morgan fingerprint density at radius 3 is 2.18 bits per heavy atom. The summed E-state index contributed by atoms with van der Waals surface area (Å²) in [5.74, 6) is -1.73. The minimum atomic E-state index is -0.938. The van der Waals surface area contributed by atoms with Gasteiger partial charge in [0.25, 0.3) is 0 Å². The van der Waals surface area contributed by atoms with Crippen LogP contribution < -0.4 is 10.6 Å². The summed E-state index contributed by atoms with van der Waals surface area (Å²) < 4.78 is 12.7. The summed E-state index contributed by atoms with van der Waals surface area (Å²) in [5, 5.41) is 6.55. The molecule has 4 atom stereocenters. The van der Waals surface area contributed by atoms with Crippen LogP contribution in [0.15, 0.2) is 91.1 Å². The van der Waals surface area contributed by atoms with E-state index in [9.17, 15) is 19.2 Å². The van der Waals surface area contributed by atoms with E-state index in [-0.39, 0.29) is 31.0 Å². The van der Waals surface area contributed by atoms with Crippen molar-refractivity contribution in [2.75, 3.05) is 6.61 Å². The molecule has 0 unspecified atom stereocenters. The van der Waals surface area contributed by atoms with Crippen molar-refractivity contribution in [2.24, 2.45) is 13.0 Å². The number of hydrogen-bond acceptors (Lipinski definition) is 6. The number of nitrogens with one attached hydrogen (secondary N) is 2. The molecule has 45 heavy (non-hydrogen) atoms. The molecule has 5 rings (SSSR count). The zero-order valence-corrected chi connectivity index (χ0v) is 25.8. The standard InChI is InChI=1S/C36H39N3O6/c1-24(37-35(43)44-22-26-14-8-5-9-15-26)32(40)20-27(19-28-21-39(3)31-17-11-10-16-29(28)31)34(42)38-30(33(41)36(2)23-45-36)18-25-12-6-4-7-13-25/h4-17,21,24,27,30H,18-20,22-23H2,1-3H3,(H,37,43)(H,38,42)/t24-,27+,30-,36+/m0/s1. The van der Waals surface area contributed by atoms with Crippen LogP contribution in [0.3, 0.4) is 0 Å². The summed E-state index contributed by atoms with van der Waals surface area (Å²) in [6, 6.07) is 24.9. The second-order valence-corrected chi connectivity index (χ2v) is 11.9. The van der Waals surface area contributed by atoms with Gasteiger partial charge < -0.3 is 24.7 Å². The minimum absolute atomic E-state index is 0.0686. The number of nitrogens with zero attached hydrogens (tertiary/aromatic N) is 1. The van der Waals surface area contributed by atoms with Crippen LogP contribution >= 0.6 is 0 Å². The van der Waals surface area contributed by atoms with E-state index >= 15 is 0 Å². The molecule has 2 N–H and O–H groups in total. The van der Waals surface area contributed by atoms with Gasteiger partial charge in [-0.2, -0.15) is 0 Å². The molecule has 3 aromatic carbocycles. The molecule has 1 aromatic heterocycles. The number of aromatic nitrogens is 1. The quantitative estimate of drug-likeness (QED) is 0.200. The van der Waals surface area contributed by atoms with E-state index in [2.05, 4.69) is 10.6 Å². The molecule has 0 bridgehead atoms. The second kappa shape index (κ2) is 13.9. The highest BCUT2D eigenvalue weighted by atomic mass is 16.6. The summed E-state index contributed by atoms with van der Waals surface area (Å²) in [6.07, 6.45) is 1.66. The molecule has 9 heteroatoms. The fourth-order valence-electron chi connectivity index (χ4n) is 5.52. The third-order valence-corrected chi connectivity index (χ3v) is 8.31. The molecule has 0 radical (unpaired) electrons. The first-order chi connectivity index (χ1) is 21.6. The number of benzene rings is 3. The topological polar surface area (TPSA) is 119 Å². The van der Waals surface area contributed by atoms with Crippen molar-refractivity contribution < 1.29 is 28.7 Å². The van der Waals surface area contributed by atoms with Crippen molar-refractivity contribution in [3.63, 3.8) is 0 Å². The average Bonchev–Trinajstić information content (AvgIpc) is 3.73. The van der Waals surface area contributed by atoms with Crippen LogP contribution in [0.5, 0.6) is 0 Å². The van der Waals surface area contributed by atoms with Crippen LogP contribution in [0.2, 0.25) is 0 Å². The number of alkyl carbamates (subject to hydrolysis) is 1. The maximum Gasteiger partial charge on any atom is 0.408 e. The van der Waals surface area contributed by atoms with Gasteiger partial charge in [0.1, 0.15) is 12.2 Å². The molecule has 0 saturated carbocycles. The van der Waals surface area contributed by atoms with Gasteiger partial charge >= 0.3 is 6.09 Å².